The monoisotopic (exact) mass is 360 g/mol. The average Bonchev–Trinajstić information content (AvgIpc) is 3.28. The Balaban J connectivity index is 1.32. The molecule has 0 bridgehead atoms. The molecular weight excluding hydrogens is 344 g/mol. The van der Waals surface area contributed by atoms with Crippen molar-refractivity contribution in [1.82, 2.24) is 20.0 Å². The van der Waals surface area contributed by atoms with E-state index in [1.807, 2.05) is 65.5 Å². The number of hydrogen-bond donors (Lipinski definition) is 1. The van der Waals surface area contributed by atoms with Gasteiger partial charge in [0.15, 0.2) is 0 Å². The van der Waals surface area contributed by atoms with Gasteiger partial charge in [0, 0.05) is 6.21 Å². The summed E-state index contributed by atoms with van der Waals surface area (Å²) in [6, 6.07) is 18.2. The summed E-state index contributed by atoms with van der Waals surface area (Å²) in [7, 11) is 0. The van der Waals surface area contributed by atoms with Crippen LogP contribution in [0.3, 0.4) is 0 Å². The zero-order valence-corrected chi connectivity index (χ0v) is 14.7. The SMILES string of the molecule is C(/C=C/c1cn(Cc2ccccc2)nn1)=N/Nc1nc2ccccc2s1. The number of hydrazone groups is 1. The van der Waals surface area contributed by atoms with E-state index in [0.717, 1.165) is 21.0 Å². The van der Waals surface area contributed by atoms with Gasteiger partial charge in [-0.25, -0.2) is 9.67 Å². The van der Waals surface area contributed by atoms with Gasteiger partial charge in [0.25, 0.3) is 0 Å². The predicted molar refractivity (Wildman–Crippen MR) is 106 cm³/mol. The van der Waals surface area contributed by atoms with Crippen LogP contribution in [-0.2, 0) is 6.54 Å². The van der Waals surface area contributed by atoms with Crippen LogP contribution in [0.5, 0.6) is 0 Å². The molecule has 4 rings (SSSR count). The highest BCUT2D eigenvalue weighted by molar-refractivity contribution is 7.22. The Bertz CT molecular complexity index is 1020. The van der Waals surface area contributed by atoms with Crippen LogP contribution in [0, 0.1) is 0 Å². The number of fused-ring (bicyclic) bond motifs is 1. The maximum Gasteiger partial charge on any atom is 0.204 e. The van der Waals surface area contributed by atoms with Gasteiger partial charge < -0.3 is 0 Å². The Morgan fingerprint density at radius 2 is 1.92 bits per heavy atom. The molecule has 26 heavy (non-hydrogen) atoms. The first-order valence-corrected chi connectivity index (χ1v) is 8.94. The fourth-order valence-electron chi connectivity index (χ4n) is 2.43. The van der Waals surface area contributed by atoms with Crippen LogP contribution < -0.4 is 5.43 Å². The zero-order chi connectivity index (χ0) is 17.6. The Morgan fingerprint density at radius 3 is 2.81 bits per heavy atom. The molecule has 0 spiro atoms. The number of thiazole rings is 1. The molecule has 0 fully saturated rings. The highest BCUT2D eigenvalue weighted by Gasteiger charge is 2.00. The Labute approximate surface area is 154 Å². The lowest BCUT2D eigenvalue weighted by Gasteiger charge is -1.98. The summed E-state index contributed by atoms with van der Waals surface area (Å²) in [6.45, 7) is 0.703. The van der Waals surface area contributed by atoms with Gasteiger partial charge in [-0.05, 0) is 29.8 Å². The third-order valence-corrected chi connectivity index (χ3v) is 4.57. The zero-order valence-electron chi connectivity index (χ0n) is 13.9. The van der Waals surface area contributed by atoms with Crippen LogP contribution in [-0.4, -0.2) is 26.2 Å². The van der Waals surface area contributed by atoms with Gasteiger partial charge in [0.2, 0.25) is 5.13 Å². The van der Waals surface area contributed by atoms with Gasteiger partial charge >= 0.3 is 0 Å². The molecule has 0 amide bonds. The minimum Gasteiger partial charge on any atom is -0.253 e. The fourth-order valence-corrected chi connectivity index (χ4v) is 3.25. The van der Waals surface area contributed by atoms with E-state index in [9.17, 15) is 0 Å². The summed E-state index contributed by atoms with van der Waals surface area (Å²) in [4.78, 5) is 4.46. The van der Waals surface area contributed by atoms with E-state index >= 15 is 0 Å². The van der Waals surface area contributed by atoms with E-state index in [1.54, 1.807) is 17.6 Å². The predicted octanol–water partition coefficient (Wildman–Crippen LogP) is 4.05. The molecule has 2 aromatic carbocycles. The van der Waals surface area contributed by atoms with Gasteiger partial charge in [-0.3, -0.25) is 5.43 Å². The Morgan fingerprint density at radius 1 is 1.08 bits per heavy atom. The van der Waals surface area contributed by atoms with Gasteiger partial charge in [-0.2, -0.15) is 5.10 Å². The average molecular weight is 360 g/mol. The van der Waals surface area contributed by atoms with E-state index in [1.165, 1.54) is 5.56 Å². The molecule has 0 radical (unpaired) electrons. The number of nitrogens with one attached hydrogen (secondary N) is 1. The number of para-hydroxylation sites is 1. The van der Waals surface area contributed by atoms with E-state index in [0.29, 0.717) is 6.54 Å². The van der Waals surface area contributed by atoms with E-state index < -0.39 is 0 Å². The first-order valence-electron chi connectivity index (χ1n) is 8.12. The first-order chi connectivity index (χ1) is 12.9. The van der Waals surface area contributed by atoms with Crippen LogP contribution in [0.1, 0.15) is 11.3 Å². The number of aromatic nitrogens is 4. The summed E-state index contributed by atoms with van der Waals surface area (Å²) in [6.07, 6.45) is 7.25. The number of nitrogens with zero attached hydrogens (tertiary/aromatic N) is 5. The molecular formula is C19H16N6S. The lowest BCUT2D eigenvalue weighted by molar-refractivity contribution is 0.649. The van der Waals surface area contributed by atoms with Crippen LogP contribution >= 0.6 is 11.3 Å². The van der Waals surface area contributed by atoms with Crippen LogP contribution in [0.15, 0.2) is 72.0 Å². The number of allylic oxidation sites excluding steroid dienone is 1. The van der Waals surface area contributed by atoms with Crippen molar-refractivity contribution in [3.63, 3.8) is 0 Å². The highest BCUT2D eigenvalue weighted by atomic mass is 32.1. The van der Waals surface area contributed by atoms with Crippen LogP contribution in [0.2, 0.25) is 0 Å². The highest BCUT2D eigenvalue weighted by Crippen LogP contribution is 2.25. The number of rotatable bonds is 6. The molecule has 0 aliphatic carbocycles. The lowest BCUT2D eigenvalue weighted by Crippen LogP contribution is -1.99. The third kappa shape index (κ3) is 4.01. The molecule has 0 atom stereocenters. The summed E-state index contributed by atoms with van der Waals surface area (Å²) in [5.41, 5.74) is 5.89. The maximum atomic E-state index is 4.46. The van der Waals surface area contributed by atoms with Crippen molar-refractivity contribution in [2.45, 2.75) is 6.54 Å². The molecule has 2 heterocycles. The molecule has 1 N–H and O–H groups in total. The standard InChI is InChI=1S/C19H16N6S/c1-2-7-15(8-3-1)13-25-14-16(22-24-25)9-6-12-20-23-19-21-17-10-4-5-11-18(17)26-19/h1-12,14H,13H2,(H,21,23)/b9-6+,20-12-. The van der Waals surface area contributed by atoms with Gasteiger partial charge in [-0.15, -0.1) is 5.10 Å². The van der Waals surface area contributed by atoms with Crippen LogP contribution in [0.25, 0.3) is 16.3 Å². The molecule has 0 aliphatic heterocycles. The van der Waals surface area contributed by atoms with Crippen molar-refractivity contribution >= 4 is 39.0 Å². The fraction of sp³-hybridized carbons (Fsp3) is 0.0526. The van der Waals surface area contributed by atoms with Crippen molar-refractivity contribution in [3.8, 4) is 0 Å². The van der Waals surface area contributed by atoms with E-state index in [2.05, 4.69) is 38.0 Å². The van der Waals surface area contributed by atoms with Crippen molar-refractivity contribution in [1.29, 1.82) is 0 Å². The second-order valence-electron chi connectivity index (χ2n) is 5.56. The third-order valence-electron chi connectivity index (χ3n) is 3.63. The van der Waals surface area contributed by atoms with Gasteiger partial charge in [-0.1, -0.05) is 59.0 Å². The molecule has 0 aliphatic rings. The van der Waals surface area contributed by atoms with Gasteiger partial charge in [0.1, 0.15) is 5.69 Å². The molecule has 4 aromatic rings. The second kappa shape index (κ2) is 7.71. The number of benzene rings is 2. The second-order valence-corrected chi connectivity index (χ2v) is 6.59. The van der Waals surface area contributed by atoms with Crippen LogP contribution in [0.4, 0.5) is 5.13 Å². The summed E-state index contributed by atoms with van der Waals surface area (Å²) < 4.78 is 2.95. The molecule has 6 nitrogen and oxygen atoms in total. The maximum absolute atomic E-state index is 4.46. The number of hydrogen-bond acceptors (Lipinski definition) is 6. The molecule has 7 heteroatoms. The Kier molecular flexibility index (Phi) is 4.79. The van der Waals surface area contributed by atoms with Crippen molar-refractivity contribution in [3.05, 3.63) is 78.1 Å². The van der Waals surface area contributed by atoms with Gasteiger partial charge in [0.05, 0.1) is 23.0 Å². The van der Waals surface area contributed by atoms with E-state index in [-0.39, 0.29) is 0 Å². The van der Waals surface area contributed by atoms with Crippen molar-refractivity contribution < 1.29 is 0 Å². The summed E-state index contributed by atoms with van der Waals surface area (Å²) in [5.74, 6) is 0. The minimum atomic E-state index is 0.703. The minimum absolute atomic E-state index is 0.703. The Hall–Kier alpha value is -3.32. The molecule has 0 saturated heterocycles. The summed E-state index contributed by atoms with van der Waals surface area (Å²) in [5, 5.41) is 13.2. The van der Waals surface area contributed by atoms with E-state index in [4.69, 9.17) is 0 Å². The molecule has 0 saturated carbocycles. The molecule has 128 valence electrons. The topological polar surface area (TPSA) is 68.0 Å². The normalized spacial score (nSPS) is 11.7. The van der Waals surface area contributed by atoms with Crippen molar-refractivity contribution in [2.75, 3.05) is 5.43 Å². The quantitative estimate of drug-likeness (QED) is 0.416. The molecule has 2 aromatic heterocycles. The number of anilines is 1. The lowest BCUT2D eigenvalue weighted by atomic mass is 10.2. The van der Waals surface area contributed by atoms with Crippen molar-refractivity contribution in [2.24, 2.45) is 5.10 Å². The largest absolute Gasteiger partial charge is 0.253 e. The first kappa shape index (κ1) is 16.2. The smallest absolute Gasteiger partial charge is 0.204 e. The summed E-state index contributed by atoms with van der Waals surface area (Å²) >= 11 is 1.57. The molecule has 0 unspecified atom stereocenters.